The highest BCUT2D eigenvalue weighted by molar-refractivity contribution is 6.04. The summed E-state index contributed by atoms with van der Waals surface area (Å²) >= 11 is 0. The summed E-state index contributed by atoms with van der Waals surface area (Å²) in [6.07, 6.45) is 3.14. The van der Waals surface area contributed by atoms with Gasteiger partial charge in [0.2, 0.25) is 0 Å². The van der Waals surface area contributed by atoms with Crippen LogP contribution >= 0.6 is 0 Å². The molecule has 0 radical (unpaired) electrons. The largest absolute Gasteiger partial charge is 0.454 e. The molecule has 0 aliphatic rings. The van der Waals surface area contributed by atoms with Crippen molar-refractivity contribution in [1.82, 2.24) is 9.97 Å². The Kier molecular flexibility index (Phi) is 4.63. The number of carbonyl (C=O) groups is 1. The minimum Gasteiger partial charge on any atom is -0.454 e. The van der Waals surface area contributed by atoms with E-state index in [0.717, 1.165) is 12.1 Å². The number of amides is 1. The molecule has 0 saturated heterocycles. The average molecular weight is 377 g/mol. The number of ether oxygens (including phenoxy) is 1. The van der Waals surface area contributed by atoms with Gasteiger partial charge in [-0.25, -0.2) is 8.78 Å². The third-order valence-corrected chi connectivity index (χ3v) is 3.95. The number of fused-ring (bicyclic) bond motifs is 1. The number of hydrogen-bond acceptors (Lipinski definition) is 4. The Hall–Kier alpha value is -3.87. The average Bonchev–Trinajstić information content (AvgIpc) is 2.70. The van der Waals surface area contributed by atoms with Gasteiger partial charge < -0.3 is 10.1 Å². The molecule has 4 rings (SSSR count). The van der Waals surface area contributed by atoms with Crippen LogP contribution in [0.3, 0.4) is 0 Å². The third-order valence-electron chi connectivity index (χ3n) is 3.95. The van der Waals surface area contributed by atoms with E-state index in [1.165, 1.54) is 30.3 Å². The number of hydrogen-bond donors (Lipinski definition) is 1. The van der Waals surface area contributed by atoms with Crippen molar-refractivity contribution < 1.29 is 18.3 Å². The molecule has 3 aromatic carbocycles. The third kappa shape index (κ3) is 3.78. The zero-order chi connectivity index (χ0) is 19.5. The van der Waals surface area contributed by atoms with Gasteiger partial charge in [0, 0.05) is 35.8 Å². The predicted molar refractivity (Wildman–Crippen MR) is 100 cm³/mol. The molecule has 1 amide bonds. The SMILES string of the molecule is O=C(Nc1ccc(Oc2ccc3nccnc3c2)c(F)c1)c1cccc(F)c1. The maximum Gasteiger partial charge on any atom is 0.255 e. The van der Waals surface area contributed by atoms with Crippen LogP contribution in [0.2, 0.25) is 0 Å². The van der Waals surface area contributed by atoms with Crippen molar-refractivity contribution in [3.63, 3.8) is 0 Å². The first-order valence-corrected chi connectivity index (χ1v) is 8.33. The van der Waals surface area contributed by atoms with Crippen molar-refractivity contribution >= 4 is 22.6 Å². The van der Waals surface area contributed by atoms with Gasteiger partial charge in [-0.2, -0.15) is 0 Å². The second-order valence-electron chi connectivity index (χ2n) is 5.92. The van der Waals surface area contributed by atoms with Gasteiger partial charge in [-0.3, -0.25) is 14.8 Å². The smallest absolute Gasteiger partial charge is 0.255 e. The van der Waals surface area contributed by atoms with Crippen LogP contribution < -0.4 is 10.1 Å². The highest BCUT2D eigenvalue weighted by Crippen LogP contribution is 2.28. The fraction of sp³-hybridized carbons (Fsp3) is 0. The van der Waals surface area contributed by atoms with Crippen LogP contribution in [0.5, 0.6) is 11.5 Å². The van der Waals surface area contributed by atoms with E-state index in [1.807, 2.05) is 0 Å². The Morgan fingerprint density at radius 2 is 1.71 bits per heavy atom. The van der Waals surface area contributed by atoms with Crippen LogP contribution in [0.1, 0.15) is 10.4 Å². The van der Waals surface area contributed by atoms with Crippen LogP contribution in [0.4, 0.5) is 14.5 Å². The molecule has 0 atom stereocenters. The van der Waals surface area contributed by atoms with Gasteiger partial charge in [-0.1, -0.05) is 6.07 Å². The Morgan fingerprint density at radius 1 is 0.893 bits per heavy atom. The first-order valence-electron chi connectivity index (χ1n) is 8.33. The lowest BCUT2D eigenvalue weighted by Crippen LogP contribution is -2.12. The summed E-state index contributed by atoms with van der Waals surface area (Å²) in [7, 11) is 0. The second kappa shape index (κ2) is 7.40. The molecular weight excluding hydrogens is 364 g/mol. The number of rotatable bonds is 4. The van der Waals surface area contributed by atoms with Crippen LogP contribution in [0.15, 0.2) is 73.1 Å². The van der Waals surface area contributed by atoms with Crippen molar-refractivity contribution in [2.45, 2.75) is 0 Å². The van der Waals surface area contributed by atoms with Crippen molar-refractivity contribution in [2.24, 2.45) is 0 Å². The monoisotopic (exact) mass is 377 g/mol. The van der Waals surface area contributed by atoms with Gasteiger partial charge in [0.1, 0.15) is 11.6 Å². The normalized spacial score (nSPS) is 10.6. The molecule has 0 unspecified atom stereocenters. The Bertz CT molecular complexity index is 1180. The first kappa shape index (κ1) is 17.5. The van der Waals surface area contributed by atoms with Crippen LogP contribution in [0.25, 0.3) is 11.0 Å². The molecule has 0 bridgehead atoms. The van der Waals surface area contributed by atoms with E-state index in [1.54, 1.807) is 30.6 Å². The van der Waals surface area contributed by atoms with E-state index >= 15 is 0 Å². The summed E-state index contributed by atoms with van der Waals surface area (Å²) in [6.45, 7) is 0. The minimum atomic E-state index is -0.656. The number of aromatic nitrogens is 2. The summed E-state index contributed by atoms with van der Waals surface area (Å²) in [5, 5.41) is 2.52. The highest BCUT2D eigenvalue weighted by Gasteiger charge is 2.11. The van der Waals surface area contributed by atoms with E-state index in [2.05, 4.69) is 15.3 Å². The molecule has 28 heavy (non-hydrogen) atoms. The zero-order valence-corrected chi connectivity index (χ0v) is 14.4. The van der Waals surface area contributed by atoms with Crippen LogP contribution in [0, 0.1) is 11.6 Å². The number of nitrogens with zero attached hydrogens (tertiary/aromatic N) is 2. The molecule has 5 nitrogen and oxygen atoms in total. The summed E-state index contributed by atoms with van der Waals surface area (Å²) in [5.41, 5.74) is 1.69. The van der Waals surface area contributed by atoms with Crippen molar-refractivity contribution in [3.8, 4) is 11.5 Å². The summed E-state index contributed by atoms with van der Waals surface area (Å²) < 4.78 is 33.2. The molecule has 7 heteroatoms. The molecule has 1 aromatic heterocycles. The molecule has 0 aliphatic heterocycles. The standard InChI is InChI=1S/C21H13F2N3O2/c22-14-3-1-2-13(10-14)21(27)26-15-4-7-20(17(23)11-15)28-16-5-6-18-19(12-16)25-9-8-24-18/h1-12H,(H,26,27). The molecule has 0 spiro atoms. The Labute approximate surface area is 158 Å². The van der Waals surface area contributed by atoms with E-state index in [4.69, 9.17) is 4.74 Å². The van der Waals surface area contributed by atoms with Gasteiger partial charge in [-0.15, -0.1) is 0 Å². The van der Waals surface area contributed by atoms with E-state index < -0.39 is 17.5 Å². The molecule has 0 saturated carbocycles. The molecule has 0 fully saturated rings. The molecule has 4 aromatic rings. The van der Waals surface area contributed by atoms with E-state index in [0.29, 0.717) is 16.8 Å². The van der Waals surface area contributed by atoms with E-state index in [9.17, 15) is 13.6 Å². The molecule has 1 N–H and O–H groups in total. The minimum absolute atomic E-state index is 0.00741. The predicted octanol–water partition coefficient (Wildman–Crippen LogP) is 4.95. The van der Waals surface area contributed by atoms with Gasteiger partial charge in [0.05, 0.1) is 11.0 Å². The van der Waals surface area contributed by atoms with Crippen LogP contribution in [-0.2, 0) is 0 Å². The van der Waals surface area contributed by atoms with E-state index in [-0.39, 0.29) is 17.0 Å². The fourth-order valence-electron chi connectivity index (χ4n) is 2.63. The van der Waals surface area contributed by atoms with Gasteiger partial charge >= 0.3 is 0 Å². The number of anilines is 1. The van der Waals surface area contributed by atoms with Gasteiger partial charge in [0.15, 0.2) is 11.6 Å². The number of benzene rings is 3. The maximum absolute atomic E-state index is 14.4. The lowest BCUT2D eigenvalue weighted by molar-refractivity contribution is 0.102. The zero-order valence-electron chi connectivity index (χ0n) is 14.4. The lowest BCUT2D eigenvalue weighted by Gasteiger charge is -2.10. The fourth-order valence-corrected chi connectivity index (χ4v) is 2.63. The Morgan fingerprint density at radius 3 is 2.50 bits per heavy atom. The molecule has 1 heterocycles. The molecule has 0 aliphatic carbocycles. The van der Waals surface area contributed by atoms with Crippen LogP contribution in [-0.4, -0.2) is 15.9 Å². The molecular formula is C21H13F2N3O2. The van der Waals surface area contributed by atoms with Crippen molar-refractivity contribution in [2.75, 3.05) is 5.32 Å². The Balaban J connectivity index is 1.51. The number of halogens is 2. The molecule has 138 valence electrons. The quantitative estimate of drug-likeness (QED) is 0.546. The number of carbonyl (C=O) groups excluding carboxylic acids is 1. The maximum atomic E-state index is 14.4. The topological polar surface area (TPSA) is 64.1 Å². The first-order chi connectivity index (χ1) is 13.6. The summed E-state index contributed by atoms with van der Waals surface area (Å²) in [4.78, 5) is 20.5. The number of nitrogens with one attached hydrogen (secondary N) is 1. The van der Waals surface area contributed by atoms with Gasteiger partial charge in [-0.05, 0) is 42.5 Å². The lowest BCUT2D eigenvalue weighted by atomic mass is 10.2. The van der Waals surface area contributed by atoms with Crippen molar-refractivity contribution in [3.05, 3.63) is 90.3 Å². The van der Waals surface area contributed by atoms with Gasteiger partial charge in [0.25, 0.3) is 5.91 Å². The summed E-state index contributed by atoms with van der Waals surface area (Å²) in [6, 6.07) is 14.3. The second-order valence-corrected chi connectivity index (χ2v) is 5.92. The summed E-state index contributed by atoms with van der Waals surface area (Å²) in [5.74, 6) is -1.32. The van der Waals surface area contributed by atoms with Crippen molar-refractivity contribution in [1.29, 1.82) is 0 Å². The highest BCUT2D eigenvalue weighted by atomic mass is 19.1.